The lowest BCUT2D eigenvalue weighted by Gasteiger charge is -2.47. The molecule has 5 aromatic carbocycles. The minimum atomic E-state index is -3.08. The van der Waals surface area contributed by atoms with Gasteiger partial charge in [-0.2, -0.15) is 0 Å². The fourth-order valence-electron chi connectivity index (χ4n) is 7.77. The maximum absolute atomic E-state index is 13.2. The molecule has 0 radical (unpaired) electrons. The van der Waals surface area contributed by atoms with Crippen LogP contribution in [0.4, 0.5) is 0 Å². The second-order valence-corrected chi connectivity index (χ2v) is 20.4. The molecule has 0 aromatic heterocycles. The maximum atomic E-state index is 13.2. The van der Waals surface area contributed by atoms with E-state index in [0.717, 1.165) is 27.1 Å². The summed E-state index contributed by atoms with van der Waals surface area (Å²) >= 11 is 0. The summed E-state index contributed by atoms with van der Waals surface area (Å²) in [6.07, 6.45) is -5.48. The second-order valence-electron chi connectivity index (χ2n) is 16.1. The molecule has 1 aliphatic rings. The van der Waals surface area contributed by atoms with Crippen LogP contribution in [0, 0.1) is 0 Å². The van der Waals surface area contributed by atoms with E-state index in [-0.39, 0.29) is 44.5 Å². The number of esters is 2. The molecule has 1 heterocycles. The highest BCUT2D eigenvalue weighted by molar-refractivity contribution is 6.99. The Morgan fingerprint density at radius 1 is 0.623 bits per heavy atom. The zero-order valence-corrected chi connectivity index (χ0v) is 36.7. The van der Waals surface area contributed by atoms with Crippen LogP contribution in [0.2, 0.25) is 5.04 Å². The van der Waals surface area contributed by atoms with E-state index in [0.29, 0.717) is 0 Å². The number of hydrogen-bond acceptors (Lipinski definition) is 10. The Kier molecular flexibility index (Phi) is 16.6. The maximum Gasteiger partial charge on any atom is 0.308 e. The summed E-state index contributed by atoms with van der Waals surface area (Å²) in [6.45, 7) is 8.44. The number of methoxy groups -OCH3 is 1. The summed E-state index contributed by atoms with van der Waals surface area (Å²) in [5.74, 6) is -0.958. The first-order chi connectivity index (χ1) is 29.6. The Labute approximate surface area is 361 Å². The molecule has 0 aliphatic carbocycles. The Balaban J connectivity index is 1.40. The van der Waals surface area contributed by atoms with Crippen molar-refractivity contribution in [3.05, 3.63) is 168 Å². The lowest BCUT2D eigenvalue weighted by atomic mass is 9.97. The Morgan fingerprint density at radius 3 is 1.48 bits per heavy atom. The van der Waals surface area contributed by atoms with E-state index in [2.05, 4.69) is 45.0 Å². The smallest absolute Gasteiger partial charge is 0.308 e. The molecule has 1 aliphatic heterocycles. The molecule has 0 amide bonds. The van der Waals surface area contributed by atoms with Gasteiger partial charge in [-0.05, 0) is 32.1 Å². The van der Waals surface area contributed by atoms with Crippen LogP contribution in [0.25, 0.3) is 0 Å². The normalized spacial score (nSPS) is 19.8. The van der Waals surface area contributed by atoms with Gasteiger partial charge in [0, 0.05) is 6.92 Å². The predicted molar refractivity (Wildman–Crippen MR) is 235 cm³/mol. The molecule has 6 atom stereocenters. The molecule has 6 rings (SSSR count). The SMILES string of the molecule is COC(=O)C[C@@H](CO[Si](c1ccccc1)(c1ccccc1)C(C)(C)C)O[C@@H]1O[C@H](COC(C)=O)[C@@H](OCc2ccccc2)[C@H](OCc2ccccc2)[C@H]1OCc1ccccc1. The van der Waals surface area contributed by atoms with Crippen molar-refractivity contribution >= 4 is 30.6 Å². The summed E-state index contributed by atoms with van der Waals surface area (Å²) < 4.78 is 52.2. The molecule has 10 nitrogen and oxygen atoms in total. The van der Waals surface area contributed by atoms with Crippen LogP contribution in [0.15, 0.2) is 152 Å². The van der Waals surface area contributed by atoms with Gasteiger partial charge in [-0.3, -0.25) is 9.59 Å². The van der Waals surface area contributed by atoms with Crippen molar-refractivity contribution < 1.29 is 47.2 Å². The molecule has 1 saturated heterocycles. The van der Waals surface area contributed by atoms with E-state index in [9.17, 15) is 9.59 Å². The first-order valence-electron chi connectivity index (χ1n) is 20.8. The van der Waals surface area contributed by atoms with E-state index < -0.39 is 57.1 Å². The molecular weight excluding hydrogens is 789 g/mol. The van der Waals surface area contributed by atoms with Crippen LogP contribution in [-0.2, 0) is 67.0 Å². The number of carbonyl (C=O) groups excluding carboxylic acids is 2. The number of hydrogen-bond donors (Lipinski definition) is 0. The van der Waals surface area contributed by atoms with E-state index in [1.807, 2.05) is 127 Å². The number of rotatable bonds is 20. The Morgan fingerprint density at radius 2 is 1.05 bits per heavy atom. The van der Waals surface area contributed by atoms with Crippen LogP contribution in [0.3, 0.4) is 0 Å². The molecule has 0 N–H and O–H groups in total. The fraction of sp³-hybridized carbons (Fsp3) is 0.360. The molecule has 0 spiro atoms. The van der Waals surface area contributed by atoms with Crippen LogP contribution in [0.5, 0.6) is 0 Å². The van der Waals surface area contributed by atoms with E-state index >= 15 is 0 Å². The third kappa shape index (κ3) is 12.3. The summed E-state index contributed by atoms with van der Waals surface area (Å²) in [4.78, 5) is 25.6. The number of benzene rings is 5. The second kappa shape index (κ2) is 22.2. The summed E-state index contributed by atoms with van der Waals surface area (Å²) in [5.41, 5.74) is 2.80. The van der Waals surface area contributed by atoms with Crippen LogP contribution >= 0.6 is 0 Å². The van der Waals surface area contributed by atoms with Crippen LogP contribution < -0.4 is 10.4 Å². The molecule has 61 heavy (non-hydrogen) atoms. The van der Waals surface area contributed by atoms with Gasteiger partial charge in [-0.15, -0.1) is 0 Å². The molecule has 5 aromatic rings. The molecule has 0 saturated carbocycles. The van der Waals surface area contributed by atoms with Crippen molar-refractivity contribution in [3.63, 3.8) is 0 Å². The first-order valence-corrected chi connectivity index (χ1v) is 22.7. The average Bonchev–Trinajstić information content (AvgIpc) is 3.28. The molecule has 11 heteroatoms. The van der Waals surface area contributed by atoms with Gasteiger partial charge in [0.2, 0.25) is 0 Å². The van der Waals surface area contributed by atoms with Crippen molar-refractivity contribution in [2.75, 3.05) is 20.3 Å². The van der Waals surface area contributed by atoms with Gasteiger partial charge in [0.25, 0.3) is 8.32 Å². The minimum absolute atomic E-state index is 0.0196. The first kappa shape index (κ1) is 45.5. The third-order valence-electron chi connectivity index (χ3n) is 10.7. The predicted octanol–water partition coefficient (Wildman–Crippen LogP) is 7.56. The standard InChI is InChI=1S/C50H58O10Si/c1-37(51)54-36-44-46(55-32-38-21-11-6-12-22-38)47(56-33-39-23-13-7-14-24-39)48(57-34-40-25-15-8-16-26-40)49(60-44)59-41(31-45(52)53-5)35-58-61(50(2,3)4,42-27-17-9-18-28-42)43-29-19-10-20-30-43/h6-30,41,44,46-49H,31-36H2,1-5H3/t41-,44+,46+,47-,48+,49+/m0/s1. The zero-order chi connectivity index (χ0) is 43.1. The molecule has 0 bridgehead atoms. The van der Waals surface area contributed by atoms with Crippen LogP contribution in [-0.4, -0.2) is 77.4 Å². The topological polar surface area (TPSA) is 108 Å². The quantitative estimate of drug-likeness (QED) is 0.0576. The zero-order valence-electron chi connectivity index (χ0n) is 35.7. The van der Waals surface area contributed by atoms with Gasteiger partial charge in [0.15, 0.2) is 6.29 Å². The lowest BCUT2D eigenvalue weighted by molar-refractivity contribution is -0.336. The van der Waals surface area contributed by atoms with E-state index in [1.165, 1.54) is 14.0 Å². The highest BCUT2D eigenvalue weighted by Crippen LogP contribution is 2.38. The van der Waals surface area contributed by atoms with Gasteiger partial charge < -0.3 is 37.6 Å². The van der Waals surface area contributed by atoms with Gasteiger partial charge in [-0.25, -0.2) is 0 Å². The summed E-state index contributed by atoms with van der Waals surface area (Å²) in [7, 11) is -1.73. The fourth-order valence-corrected chi connectivity index (χ4v) is 12.4. The largest absolute Gasteiger partial charge is 0.469 e. The van der Waals surface area contributed by atoms with Gasteiger partial charge in [0.05, 0.1) is 46.1 Å². The average molecular weight is 847 g/mol. The Bertz CT molecular complexity index is 2010. The highest BCUT2D eigenvalue weighted by atomic mass is 28.4. The lowest BCUT2D eigenvalue weighted by Crippen LogP contribution is -2.67. The number of ether oxygens (including phenoxy) is 7. The number of carbonyl (C=O) groups is 2. The van der Waals surface area contributed by atoms with Gasteiger partial charge in [0.1, 0.15) is 31.0 Å². The van der Waals surface area contributed by atoms with Crippen molar-refractivity contribution in [1.82, 2.24) is 0 Å². The van der Waals surface area contributed by atoms with Gasteiger partial charge in [-0.1, -0.05) is 172 Å². The monoisotopic (exact) mass is 846 g/mol. The minimum Gasteiger partial charge on any atom is -0.469 e. The molecule has 322 valence electrons. The van der Waals surface area contributed by atoms with Crippen molar-refractivity contribution in [3.8, 4) is 0 Å². The Hall–Kier alpha value is -4.98. The van der Waals surface area contributed by atoms with Crippen molar-refractivity contribution in [2.45, 2.75) is 95.8 Å². The molecule has 1 fully saturated rings. The van der Waals surface area contributed by atoms with E-state index in [1.54, 1.807) is 0 Å². The van der Waals surface area contributed by atoms with Gasteiger partial charge >= 0.3 is 11.9 Å². The van der Waals surface area contributed by atoms with Crippen molar-refractivity contribution in [1.29, 1.82) is 0 Å². The molecular formula is C50H58O10Si. The van der Waals surface area contributed by atoms with E-state index in [4.69, 9.17) is 37.6 Å². The van der Waals surface area contributed by atoms with Crippen molar-refractivity contribution in [2.24, 2.45) is 0 Å². The van der Waals surface area contributed by atoms with Crippen LogP contribution in [0.1, 0.15) is 50.8 Å². The summed E-state index contributed by atoms with van der Waals surface area (Å²) in [5, 5.41) is 1.82. The summed E-state index contributed by atoms with van der Waals surface area (Å²) in [6, 6.07) is 49.9. The third-order valence-corrected chi connectivity index (χ3v) is 15.8. The highest BCUT2D eigenvalue weighted by Gasteiger charge is 2.52. The molecule has 0 unspecified atom stereocenters.